The first-order chi connectivity index (χ1) is 9.02. The molecule has 0 unspecified atom stereocenters. The molecule has 0 amide bonds. The Morgan fingerprint density at radius 1 is 1.16 bits per heavy atom. The molecule has 1 rings (SSSR count). The van der Waals surface area contributed by atoms with Gasteiger partial charge in [0.05, 0.1) is 13.0 Å². The quantitative estimate of drug-likeness (QED) is 0.533. The first kappa shape index (κ1) is 15.1. The lowest BCUT2D eigenvalue weighted by molar-refractivity contribution is -0.143. The Hall–Kier alpha value is -1.91. The average Bonchev–Trinajstić information content (AvgIpc) is 2.82. The molecular weight excluding hydrogens is 248 g/mol. The third-order valence-electron chi connectivity index (χ3n) is 2.52. The van der Waals surface area contributed by atoms with Gasteiger partial charge in [0.25, 0.3) is 0 Å². The standard InChI is InChI=1S/C14H18O5/c1-3-18-14(17)9-7-12(16)13-8-6-11(19-13)5-4-10(2)15/h6,8H,3-5,7,9H2,1-2H3. The van der Waals surface area contributed by atoms with E-state index < -0.39 is 0 Å². The first-order valence-corrected chi connectivity index (χ1v) is 6.30. The predicted molar refractivity (Wildman–Crippen MR) is 67.9 cm³/mol. The van der Waals surface area contributed by atoms with Crippen LogP contribution >= 0.6 is 0 Å². The number of carbonyl (C=O) groups is 3. The largest absolute Gasteiger partial charge is 0.466 e. The van der Waals surface area contributed by atoms with E-state index in [0.29, 0.717) is 25.2 Å². The number of furan rings is 1. The van der Waals surface area contributed by atoms with E-state index in [1.807, 2.05) is 0 Å². The average molecular weight is 266 g/mol. The molecule has 0 atom stereocenters. The van der Waals surface area contributed by atoms with Crippen molar-refractivity contribution in [2.24, 2.45) is 0 Å². The Kier molecular flexibility index (Phi) is 5.99. The van der Waals surface area contributed by atoms with Crippen LogP contribution in [0.4, 0.5) is 0 Å². The van der Waals surface area contributed by atoms with Crippen molar-refractivity contribution in [3.63, 3.8) is 0 Å². The van der Waals surface area contributed by atoms with Crippen molar-refractivity contribution in [3.05, 3.63) is 23.7 Å². The summed E-state index contributed by atoms with van der Waals surface area (Å²) >= 11 is 0. The van der Waals surface area contributed by atoms with E-state index in [1.165, 1.54) is 6.92 Å². The highest BCUT2D eigenvalue weighted by Crippen LogP contribution is 2.13. The number of aryl methyl sites for hydroxylation is 1. The number of carbonyl (C=O) groups excluding carboxylic acids is 3. The maximum atomic E-state index is 11.7. The minimum atomic E-state index is -0.390. The van der Waals surface area contributed by atoms with Crippen LogP contribution in [-0.2, 0) is 20.7 Å². The van der Waals surface area contributed by atoms with Crippen LogP contribution in [0.5, 0.6) is 0 Å². The second-order valence-electron chi connectivity index (χ2n) is 4.20. The Morgan fingerprint density at radius 2 is 1.89 bits per heavy atom. The molecule has 0 N–H and O–H groups in total. The van der Waals surface area contributed by atoms with Crippen LogP contribution in [0.1, 0.15) is 49.4 Å². The summed E-state index contributed by atoms with van der Waals surface area (Å²) in [7, 11) is 0. The van der Waals surface area contributed by atoms with Crippen LogP contribution in [0.25, 0.3) is 0 Å². The van der Waals surface area contributed by atoms with E-state index in [1.54, 1.807) is 19.1 Å². The second kappa shape index (κ2) is 7.51. The highest BCUT2D eigenvalue weighted by molar-refractivity contribution is 5.95. The topological polar surface area (TPSA) is 73.6 Å². The van der Waals surface area contributed by atoms with Crippen molar-refractivity contribution in [1.82, 2.24) is 0 Å². The highest BCUT2D eigenvalue weighted by atomic mass is 16.5. The summed E-state index contributed by atoms with van der Waals surface area (Å²) in [4.78, 5) is 33.7. The van der Waals surface area contributed by atoms with E-state index in [0.717, 1.165) is 0 Å². The SMILES string of the molecule is CCOC(=O)CCC(=O)c1ccc(CCC(C)=O)o1. The third kappa shape index (κ3) is 5.50. The van der Waals surface area contributed by atoms with Crippen molar-refractivity contribution in [2.45, 2.75) is 39.5 Å². The fourth-order valence-electron chi connectivity index (χ4n) is 1.53. The smallest absolute Gasteiger partial charge is 0.306 e. The van der Waals surface area contributed by atoms with Crippen LogP contribution in [0.15, 0.2) is 16.5 Å². The molecule has 5 nitrogen and oxygen atoms in total. The van der Waals surface area contributed by atoms with Gasteiger partial charge in [0, 0.05) is 19.3 Å². The van der Waals surface area contributed by atoms with Gasteiger partial charge in [0.15, 0.2) is 11.5 Å². The van der Waals surface area contributed by atoms with Crippen LogP contribution in [0, 0.1) is 0 Å². The van der Waals surface area contributed by atoms with Gasteiger partial charge in [0.1, 0.15) is 11.5 Å². The van der Waals surface area contributed by atoms with Crippen molar-refractivity contribution in [2.75, 3.05) is 6.61 Å². The number of ketones is 2. The van der Waals surface area contributed by atoms with Gasteiger partial charge in [-0.15, -0.1) is 0 Å². The van der Waals surface area contributed by atoms with E-state index in [2.05, 4.69) is 0 Å². The van der Waals surface area contributed by atoms with Gasteiger partial charge < -0.3 is 13.9 Å². The van der Waals surface area contributed by atoms with Crippen LogP contribution in [-0.4, -0.2) is 24.1 Å². The molecule has 1 aromatic rings. The molecule has 104 valence electrons. The van der Waals surface area contributed by atoms with E-state index >= 15 is 0 Å². The lowest BCUT2D eigenvalue weighted by atomic mass is 10.2. The second-order valence-corrected chi connectivity index (χ2v) is 4.20. The minimum absolute atomic E-state index is 0.0517. The number of rotatable bonds is 8. The molecule has 0 spiro atoms. The molecule has 0 fully saturated rings. The van der Waals surface area contributed by atoms with Gasteiger partial charge in [0.2, 0.25) is 0 Å². The highest BCUT2D eigenvalue weighted by Gasteiger charge is 2.14. The summed E-state index contributed by atoms with van der Waals surface area (Å²) in [6, 6.07) is 3.25. The maximum Gasteiger partial charge on any atom is 0.306 e. The first-order valence-electron chi connectivity index (χ1n) is 6.30. The van der Waals surface area contributed by atoms with Crippen molar-refractivity contribution in [3.8, 4) is 0 Å². The molecule has 0 aliphatic heterocycles. The van der Waals surface area contributed by atoms with Gasteiger partial charge in [-0.05, 0) is 26.0 Å². The van der Waals surface area contributed by atoms with Gasteiger partial charge in [-0.25, -0.2) is 0 Å². The molecule has 0 aliphatic carbocycles. The van der Waals surface area contributed by atoms with E-state index in [9.17, 15) is 14.4 Å². The zero-order valence-electron chi connectivity index (χ0n) is 11.2. The molecule has 1 heterocycles. The molecule has 5 heteroatoms. The van der Waals surface area contributed by atoms with Gasteiger partial charge >= 0.3 is 5.97 Å². The third-order valence-corrected chi connectivity index (χ3v) is 2.52. The zero-order valence-corrected chi connectivity index (χ0v) is 11.2. The van der Waals surface area contributed by atoms with Crippen LogP contribution < -0.4 is 0 Å². The van der Waals surface area contributed by atoms with Crippen molar-refractivity contribution < 1.29 is 23.5 Å². The molecule has 0 aliphatic rings. The fraction of sp³-hybridized carbons (Fsp3) is 0.500. The molecule has 0 radical (unpaired) electrons. The summed E-state index contributed by atoms with van der Waals surface area (Å²) in [6.07, 6.45) is 0.999. The molecule has 0 bridgehead atoms. The van der Waals surface area contributed by atoms with E-state index in [4.69, 9.17) is 9.15 Å². The number of hydrogen-bond donors (Lipinski definition) is 0. The van der Waals surface area contributed by atoms with Crippen molar-refractivity contribution in [1.29, 1.82) is 0 Å². The molecule has 0 saturated heterocycles. The van der Waals surface area contributed by atoms with E-state index in [-0.39, 0.29) is 36.1 Å². The molecule has 0 saturated carbocycles. The summed E-state index contributed by atoms with van der Waals surface area (Å²) in [6.45, 7) is 3.53. The number of esters is 1. The van der Waals surface area contributed by atoms with Crippen LogP contribution in [0.2, 0.25) is 0 Å². The minimum Gasteiger partial charge on any atom is -0.466 e. The van der Waals surface area contributed by atoms with Gasteiger partial charge in [-0.3, -0.25) is 9.59 Å². The fourth-order valence-corrected chi connectivity index (χ4v) is 1.53. The maximum absolute atomic E-state index is 11.7. The van der Waals surface area contributed by atoms with Crippen molar-refractivity contribution >= 4 is 17.5 Å². The number of Topliss-reactive ketones (excluding diaryl/α,β-unsaturated/α-hetero) is 2. The lowest BCUT2D eigenvalue weighted by Gasteiger charge is -2.00. The predicted octanol–water partition coefficient (Wildman–Crippen LogP) is 2.33. The summed E-state index contributed by atoms with van der Waals surface area (Å²) < 4.78 is 10.1. The zero-order chi connectivity index (χ0) is 14.3. The molecule has 0 aromatic carbocycles. The number of hydrogen-bond acceptors (Lipinski definition) is 5. The Labute approximate surface area is 111 Å². The monoisotopic (exact) mass is 266 g/mol. The molecule has 1 aromatic heterocycles. The molecule has 19 heavy (non-hydrogen) atoms. The summed E-state index contributed by atoms with van der Waals surface area (Å²) in [5.74, 6) is 0.283. The lowest BCUT2D eigenvalue weighted by Crippen LogP contribution is -2.07. The van der Waals surface area contributed by atoms with Crippen LogP contribution in [0.3, 0.4) is 0 Å². The number of ether oxygens (including phenoxy) is 1. The Balaban J connectivity index is 2.44. The molecular formula is C14H18O5. The Morgan fingerprint density at radius 3 is 2.53 bits per heavy atom. The van der Waals surface area contributed by atoms with Gasteiger partial charge in [-0.2, -0.15) is 0 Å². The summed E-state index contributed by atoms with van der Waals surface area (Å²) in [5.41, 5.74) is 0. The summed E-state index contributed by atoms with van der Waals surface area (Å²) in [5, 5.41) is 0. The van der Waals surface area contributed by atoms with Gasteiger partial charge in [-0.1, -0.05) is 0 Å². The Bertz CT molecular complexity index is 458. The normalized spacial score (nSPS) is 10.2.